The molecule has 2 heterocycles. The van der Waals surface area contributed by atoms with Crippen molar-refractivity contribution in [1.29, 1.82) is 0 Å². The van der Waals surface area contributed by atoms with Crippen LogP contribution in [-0.4, -0.2) is 48.9 Å². The molecule has 0 spiro atoms. The zero-order chi connectivity index (χ0) is 19.6. The van der Waals surface area contributed by atoms with E-state index in [2.05, 4.69) is 10.3 Å². The first-order chi connectivity index (χ1) is 12.8. The molecule has 2 unspecified atom stereocenters. The molecule has 0 bridgehead atoms. The smallest absolute Gasteiger partial charge is 0.256 e. The van der Waals surface area contributed by atoms with Gasteiger partial charge in [-0.15, -0.1) is 0 Å². The van der Waals surface area contributed by atoms with E-state index < -0.39 is 15.9 Å². The van der Waals surface area contributed by atoms with E-state index in [0.717, 1.165) is 0 Å². The van der Waals surface area contributed by atoms with E-state index in [1.165, 1.54) is 22.5 Å². The molecule has 1 aliphatic heterocycles. The van der Waals surface area contributed by atoms with Crippen LogP contribution in [0, 0.1) is 0 Å². The summed E-state index contributed by atoms with van der Waals surface area (Å²) in [4.78, 5) is 16.4. The number of aromatic nitrogens is 1. The van der Waals surface area contributed by atoms with Crippen molar-refractivity contribution in [2.24, 2.45) is 0 Å². The maximum atomic E-state index is 13.1. The molecule has 0 aliphatic carbocycles. The number of benzene rings is 1. The second-order valence-electron chi connectivity index (χ2n) is 6.39. The van der Waals surface area contributed by atoms with Crippen molar-refractivity contribution in [3.05, 3.63) is 53.2 Å². The molecule has 2 atom stereocenters. The molecule has 27 heavy (non-hydrogen) atoms. The van der Waals surface area contributed by atoms with Crippen LogP contribution < -0.4 is 5.32 Å². The second-order valence-corrected chi connectivity index (χ2v) is 8.71. The topological polar surface area (TPSA) is 88.6 Å². The third kappa shape index (κ3) is 4.47. The van der Waals surface area contributed by atoms with Crippen molar-refractivity contribution in [2.75, 3.05) is 18.4 Å². The number of hydrogen-bond acceptors (Lipinski definition) is 5. The molecule has 2 aromatic rings. The minimum Gasteiger partial charge on any atom is -0.373 e. The predicted molar refractivity (Wildman–Crippen MR) is 102 cm³/mol. The van der Waals surface area contributed by atoms with Gasteiger partial charge in [-0.1, -0.05) is 17.7 Å². The van der Waals surface area contributed by atoms with Gasteiger partial charge < -0.3 is 10.1 Å². The number of morpholine rings is 1. The summed E-state index contributed by atoms with van der Waals surface area (Å²) in [5.41, 5.74) is 0.179. The number of sulfonamides is 1. The van der Waals surface area contributed by atoms with Crippen LogP contribution in [0.25, 0.3) is 0 Å². The van der Waals surface area contributed by atoms with Crippen LogP contribution >= 0.6 is 11.6 Å². The van der Waals surface area contributed by atoms with Crippen LogP contribution in [0.5, 0.6) is 0 Å². The third-order valence-electron chi connectivity index (χ3n) is 4.10. The molecule has 1 fully saturated rings. The molecule has 9 heteroatoms. The van der Waals surface area contributed by atoms with Crippen LogP contribution in [0.4, 0.5) is 5.82 Å². The first-order valence-electron chi connectivity index (χ1n) is 8.45. The molecule has 1 amide bonds. The fraction of sp³-hybridized carbons (Fsp3) is 0.333. The highest BCUT2D eigenvalue weighted by Gasteiger charge is 2.33. The number of hydrogen-bond donors (Lipinski definition) is 1. The van der Waals surface area contributed by atoms with Gasteiger partial charge in [-0.25, -0.2) is 13.4 Å². The van der Waals surface area contributed by atoms with E-state index in [9.17, 15) is 13.2 Å². The Morgan fingerprint density at radius 1 is 1.22 bits per heavy atom. The van der Waals surface area contributed by atoms with Gasteiger partial charge in [-0.2, -0.15) is 4.31 Å². The van der Waals surface area contributed by atoms with E-state index in [-0.39, 0.29) is 40.8 Å². The minimum atomic E-state index is -3.86. The van der Waals surface area contributed by atoms with Crippen molar-refractivity contribution in [1.82, 2.24) is 9.29 Å². The summed E-state index contributed by atoms with van der Waals surface area (Å²) in [5, 5.41) is 2.69. The summed E-state index contributed by atoms with van der Waals surface area (Å²) >= 11 is 6.16. The third-order valence-corrected chi connectivity index (χ3v) is 6.42. The van der Waals surface area contributed by atoms with Gasteiger partial charge in [-0.3, -0.25) is 4.79 Å². The second kappa shape index (κ2) is 7.93. The highest BCUT2D eigenvalue weighted by Crippen LogP contribution is 2.28. The molecule has 0 radical (unpaired) electrons. The summed E-state index contributed by atoms with van der Waals surface area (Å²) in [6.45, 7) is 4.09. The summed E-state index contributed by atoms with van der Waals surface area (Å²) in [6, 6.07) is 9.29. The number of carbonyl (C=O) groups excluding carboxylic acids is 1. The summed E-state index contributed by atoms with van der Waals surface area (Å²) in [5.74, 6) is -0.0942. The average molecular weight is 410 g/mol. The Kier molecular flexibility index (Phi) is 5.81. The van der Waals surface area contributed by atoms with E-state index in [1.807, 2.05) is 13.8 Å². The first kappa shape index (κ1) is 19.8. The van der Waals surface area contributed by atoms with Gasteiger partial charge in [0.15, 0.2) is 0 Å². The van der Waals surface area contributed by atoms with Crippen LogP contribution in [0.3, 0.4) is 0 Å². The summed E-state index contributed by atoms with van der Waals surface area (Å²) in [7, 11) is -3.86. The minimum absolute atomic E-state index is 0.0659. The SMILES string of the molecule is CC1CN(S(=O)(=O)c2cc(C(=O)Nc3ccccn3)ccc2Cl)CC(C)O1. The number of carbonyl (C=O) groups is 1. The Morgan fingerprint density at radius 3 is 2.56 bits per heavy atom. The van der Waals surface area contributed by atoms with Crippen molar-refractivity contribution in [3.8, 4) is 0 Å². The normalized spacial score (nSPS) is 21.0. The lowest BCUT2D eigenvalue weighted by Crippen LogP contribution is -2.48. The molecule has 1 saturated heterocycles. The Morgan fingerprint density at radius 2 is 1.93 bits per heavy atom. The van der Waals surface area contributed by atoms with Gasteiger partial charge in [0.25, 0.3) is 5.91 Å². The molecule has 1 aliphatic rings. The van der Waals surface area contributed by atoms with E-state index in [0.29, 0.717) is 5.82 Å². The molecule has 0 saturated carbocycles. The van der Waals surface area contributed by atoms with E-state index in [4.69, 9.17) is 16.3 Å². The summed E-state index contributed by atoms with van der Waals surface area (Å²) in [6.07, 6.45) is 1.10. The monoisotopic (exact) mass is 409 g/mol. The Balaban J connectivity index is 1.89. The highest BCUT2D eigenvalue weighted by atomic mass is 35.5. The Bertz CT molecular complexity index is 927. The molecule has 3 rings (SSSR count). The van der Waals surface area contributed by atoms with Gasteiger partial charge in [0.2, 0.25) is 10.0 Å². The van der Waals surface area contributed by atoms with Gasteiger partial charge in [0.1, 0.15) is 10.7 Å². The van der Waals surface area contributed by atoms with Gasteiger partial charge in [0.05, 0.1) is 17.2 Å². The van der Waals surface area contributed by atoms with Crippen molar-refractivity contribution in [2.45, 2.75) is 31.0 Å². The lowest BCUT2D eigenvalue weighted by Gasteiger charge is -2.34. The lowest BCUT2D eigenvalue weighted by molar-refractivity contribution is -0.0440. The van der Waals surface area contributed by atoms with Crippen molar-refractivity contribution in [3.63, 3.8) is 0 Å². The number of nitrogens with one attached hydrogen (secondary N) is 1. The number of ether oxygens (including phenoxy) is 1. The zero-order valence-corrected chi connectivity index (χ0v) is 16.5. The molecular formula is C18H20ClN3O4S. The van der Waals surface area contributed by atoms with Crippen LogP contribution in [-0.2, 0) is 14.8 Å². The number of rotatable bonds is 4. The summed E-state index contributed by atoms with van der Waals surface area (Å²) < 4.78 is 33.1. The largest absolute Gasteiger partial charge is 0.373 e. The molecule has 1 aromatic heterocycles. The maximum Gasteiger partial charge on any atom is 0.256 e. The maximum absolute atomic E-state index is 13.1. The molecule has 7 nitrogen and oxygen atoms in total. The average Bonchev–Trinajstić information content (AvgIpc) is 2.62. The molecule has 1 N–H and O–H groups in total. The molecular weight excluding hydrogens is 390 g/mol. The lowest BCUT2D eigenvalue weighted by atomic mass is 10.2. The van der Waals surface area contributed by atoms with Crippen LogP contribution in [0.1, 0.15) is 24.2 Å². The fourth-order valence-electron chi connectivity index (χ4n) is 2.93. The van der Waals surface area contributed by atoms with E-state index in [1.54, 1.807) is 24.4 Å². The Hall–Kier alpha value is -2.00. The van der Waals surface area contributed by atoms with Gasteiger partial charge in [0, 0.05) is 24.8 Å². The zero-order valence-electron chi connectivity index (χ0n) is 14.9. The van der Waals surface area contributed by atoms with Crippen LogP contribution in [0.2, 0.25) is 5.02 Å². The number of pyridine rings is 1. The van der Waals surface area contributed by atoms with Gasteiger partial charge in [-0.05, 0) is 44.2 Å². The fourth-order valence-corrected chi connectivity index (χ4v) is 5.02. The van der Waals surface area contributed by atoms with E-state index >= 15 is 0 Å². The number of amides is 1. The first-order valence-corrected chi connectivity index (χ1v) is 10.3. The van der Waals surface area contributed by atoms with Crippen LogP contribution in [0.15, 0.2) is 47.5 Å². The van der Waals surface area contributed by atoms with Gasteiger partial charge >= 0.3 is 0 Å². The molecule has 1 aromatic carbocycles. The molecule has 144 valence electrons. The number of anilines is 1. The van der Waals surface area contributed by atoms with Crippen molar-refractivity contribution >= 4 is 33.3 Å². The quantitative estimate of drug-likeness (QED) is 0.838. The van der Waals surface area contributed by atoms with Crippen molar-refractivity contribution < 1.29 is 17.9 Å². The predicted octanol–water partition coefficient (Wildman–Crippen LogP) is 2.79. The number of halogens is 1. The number of nitrogens with zero attached hydrogens (tertiary/aromatic N) is 2. The Labute approximate surface area is 163 Å². The standard InChI is InChI=1S/C18H20ClN3O4S/c1-12-10-22(11-13(2)26-12)27(24,25)16-9-14(6-7-15(16)19)18(23)21-17-5-3-4-8-20-17/h3-9,12-13H,10-11H2,1-2H3,(H,20,21,23). The highest BCUT2D eigenvalue weighted by molar-refractivity contribution is 7.89.